The Morgan fingerprint density at radius 2 is 1.88 bits per heavy atom. The summed E-state index contributed by atoms with van der Waals surface area (Å²) < 4.78 is 0. The Labute approximate surface area is 71.8 Å². The van der Waals surface area contributed by atoms with E-state index >= 15 is 0 Å². The van der Waals surface area contributed by atoms with Crippen LogP contribution in [0.15, 0.2) is 0 Å². The van der Waals surface area contributed by atoms with Gasteiger partial charge >= 0.3 is 0 Å². The zero-order valence-corrected chi connectivity index (χ0v) is 7.26. The van der Waals surface area contributed by atoms with Crippen LogP contribution in [0.25, 0.3) is 0 Å². The van der Waals surface area contributed by atoms with Crippen molar-refractivity contribution in [3.8, 4) is 0 Å². The first-order valence-corrected chi connectivity index (χ1v) is 2.37. The Bertz CT molecular complexity index is 75.7. The van der Waals surface area contributed by atoms with Crippen LogP contribution >= 0.6 is 49.2 Å². The summed E-state index contributed by atoms with van der Waals surface area (Å²) >= 11 is 8.91. The van der Waals surface area contributed by atoms with Crippen LogP contribution in [-0.4, -0.2) is 10.4 Å². The maximum atomic E-state index is 5.04. The molecule has 0 aromatic heterocycles. The van der Waals surface area contributed by atoms with Crippen molar-refractivity contribution in [2.75, 3.05) is 0 Å². The van der Waals surface area contributed by atoms with Crippen molar-refractivity contribution in [3.05, 3.63) is 0 Å². The number of hydrogen-bond donors (Lipinski definition) is 1. The van der Waals surface area contributed by atoms with Gasteiger partial charge < -0.3 is 5.73 Å². The number of nitrogens with two attached hydrogens (primary N) is 1. The molecule has 0 amide bonds. The standard InChI is InChI=1S/C3H5NS2.2ClH/c4-3(6)1-2-5;;/h2H,1H2,(H2,4,6);2*1H. The molecular weight excluding hydrogens is 185 g/mol. The van der Waals surface area contributed by atoms with Crippen molar-refractivity contribution < 1.29 is 0 Å². The minimum absolute atomic E-state index is 0. The zero-order valence-electron chi connectivity index (χ0n) is 3.99. The monoisotopic (exact) mass is 191 g/mol. The SMILES string of the molecule is Cl.Cl.NC(=S)CC=S. The number of rotatable bonds is 2. The predicted molar refractivity (Wildman–Crippen MR) is 49.6 cm³/mol. The summed E-state index contributed by atoms with van der Waals surface area (Å²) in [4.78, 5) is 0.463. The first-order chi connectivity index (χ1) is 2.77. The van der Waals surface area contributed by atoms with Crippen molar-refractivity contribution in [3.63, 3.8) is 0 Å². The zero-order chi connectivity index (χ0) is 4.99. The van der Waals surface area contributed by atoms with Gasteiger partial charge in [0, 0.05) is 6.42 Å². The van der Waals surface area contributed by atoms with Gasteiger partial charge in [-0.1, -0.05) is 24.4 Å². The summed E-state index contributed by atoms with van der Waals surface area (Å²) in [5, 5.41) is 1.52. The highest BCUT2D eigenvalue weighted by Gasteiger charge is 1.76. The quantitative estimate of drug-likeness (QED) is 0.671. The summed E-state index contributed by atoms with van der Waals surface area (Å²) in [5.74, 6) is 0. The van der Waals surface area contributed by atoms with Crippen molar-refractivity contribution in [1.82, 2.24) is 0 Å². The van der Waals surface area contributed by atoms with Gasteiger partial charge in [0.25, 0.3) is 0 Å². The number of halogens is 2. The number of hydrogen-bond acceptors (Lipinski definition) is 2. The van der Waals surface area contributed by atoms with Crippen LogP contribution in [0.2, 0.25) is 0 Å². The normalized spacial score (nSPS) is 5.50. The highest BCUT2D eigenvalue weighted by Crippen LogP contribution is 1.70. The van der Waals surface area contributed by atoms with Crippen LogP contribution in [0.3, 0.4) is 0 Å². The first kappa shape index (κ1) is 15.8. The highest BCUT2D eigenvalue weighted by molar-refractivity contribution is 7.81. The van der Waals surface area contributed by atoms with Crippen LogP contribution in [0.5, 0.6) is 0 Å². The fourth-order valence-corrected chi connectivity index (χ4v) is 0.451. The van der Waals surface area contributed by atoms with Crippen LogP contribution in [0.1, 0.15) is 6.42 Å². The molecule has 0 aromatic carbocycles. The topological polar surface area (TPSA) is 26.0 Å². The number of thiocarbonyl (C=S) groups is 2. The Balaban J connectivity index is -0.000000125. The maximum Gasteiger partial charge on any atom is 0.0774 e. The summed E-state index contributed by atoms with van der Waals surface area (Å²) in [6.07, 6.45) is 0.574. The molecule has 0 aliphatic rings. The third-order valence-corrected chi connectivity index (χ3v) is 0.618. The smallest absolute Gasteiger partial charge is 0.0774 e. The fourth-order valence-electron chi connectivity index (χ4n) is 0.0821. The van der Waals surface area contributed by atoms with Gasteiger partial charge in [0.05, 0.1) is 4.99 Å². The molecule has 1 nitrogen and oxygen atoms in total. The lowest BCUT2D eigenvalue weighted by Gasteiger charge is -1.79. The van der Waals surface area contributed by atoms with Gasteiger partial charge in [0.2, 0.25) is 0 Å². The van der Waals surface area contributed by atoms with E-state index in [-0.39, 0.29) is 24.8 Å². The molecule has 0 saturated carbocycles. The average molecular weight is 192 g/mol. The summed E-state index contributed by atoms with van der Waals surface area (Å²) in [6.45, 7) is 0. The summed E-state index contributed by atoms with van der Waals surface area (Å²) in [6, 6.07) is 0. The molecule has 0 spiro atoms. The lowest BCUT2D eigenvalue weighted by atomic mass is 10.5. The fraction of sp³-hybridized carbons (Fsp3) is 0.333. The molecule has 0 atom stereocenters. The molecule has 0 saturated heterocycles. The van der Waals surface area contributed by atoms with Gasteiger partial charge in [0.15, 0.2) is 0 Å². The van der Waals surface area contributed by atoms with E-state index in [4.69, 9.17) is 5.73 Å². The Kier molecular flexibility index (Phi) is 20.8. The molecule has 2 N–H and O–H groups in total. The van der Waals surface area contributed by atoms with E-state index < -0.39 is 0 Å². The lowest BCUT2D eigenvalue weighted by molar-refractivity contribution is 1.62. The molecule has 0 aliphatic carbocycles. The molecule has 0 radical (unpaired) electrons. The van der Waals surface area contributed by atoms with Gasteiger partial charge in [-0.25, -0.2) is 0 Å². The average Bonchev–Trinajstić information content (AvgIpc) is 1.35. The first-order valence-electron chi connectivity index (χ1n) is 1.49. The van der Waals surface area contributed by atoms with Crippen molar-refractivity contribution >= 4 is 59.6 Å². The molecule has 5 heteroatoms. The largest absolute Gasteiger partial charge is 0.393 e. The molecule has 0 unspecified atom stereocenters. The third-order valence-electron chi connectivity index (χ3n) is 0.285. The Morgan fingerprint density at radius 1 is 1.50 bits per heavy atom. The van der Waals surface area contributed by atoms with E-state index in [1.807, 2.05) is 0 Å². The van der Waals surface area contributed by atoms with Crippen LogP contribution < -0.4 is 5.73 Å². The van der Waals surface area contributed by atoms with E-state index in [2.05, 4.69) is 24.4 Å². The highest BCUT2D eigenvalue weighted by atomic mass is 35.5. The second-order valence-corrected chi connectivity index (χ2v) is 1.69. The van der Waals surface area contributed by atoms with E-state index in [0.717, 1.165) is 0 Å². The third kappa shape index (κ3) is 16.0. The molecule has 0 rings (SSSR count). The second kappa shape index (κ2) is 10.5. The maximum absolute atomic E-state index is 5.04. The molecular formula is C3H7Cl2NS2. The van der Waals surface area contributed by atoms with Gasteiger partial charge in [-0.3, -0.25) is 0 Å². The molecule has 0 heterocycles. The summed E-state index contributed by atoms with van der Waals surface area (Å²) in [5.41, 5.74) is 5.04. The molecule has 8 heavy (non-hydrogen) atoms. The Morgan fingerprint density at radius 3 is 1.88 bits per heavy atom. The molecule has 0 fully saturated rings. The molecule has 0 aromatic rings. The van der Waals surface area contributed by atoms with Crippen LogP contribution in [0.4, 0.5) is 0 Å². The Hall–Kier alpha value is 0.560. The minimum atomic E-state index is 0. The van der Waals surface area contributed by atoms with E-state index in [1.165, 1.54) is 5.37 Å². The summed E-state index contributed by atoms with van der Waals surface area (Å²) in [7, 11) is 0. The lowest BCUT2D eigenvalue weighted by Crippen LogP contribution is -2.06. The van der Waals surface area contributed by atoms with E-state index in [1.54, 1.807) is 0 Å². The molecule has 0 aliphatic heterocycles. The van der Waals surface area contributed by atoms with Crippen molar-refractivity contribution in [2.24, 2.45) is 5.73 Å². The van der Waals surface area contributed by atoms with Gasteiger partial charge in [-0.05, 0) is 5.37 Å². The minimum Gasteiger partial charge on any atom is -0.393 e. The van der Waals surface area contributed by atoms with Gasteiger partial charge in [-0.15, -0.1) is 24.8 Å². The van der Waals surface area contributed by atoms with Crippen LogP contribution in [-0.2, 0) is 0 Å². The molecule has 0 bridgehead atoms. The second-order valence-electron chi connectivity index (χ2n) is 0.837. The predicted octanol–water partition coefficient (Wildman–Crippen LogP) is 1.51. The van der Waals surface area contributed by atoms with E-state index in [9.17, 15) is 0 Å². The van der Waals surface area contributed by atoms with Crippen molar-refractivity contribution in [1.29, 1.82) is 0 Å². The van der Waals surface area contributed by atoms with E-state index in [0.29, 0.717) is 11.4 Å². The van der Waals surface area contributed by atoms with Gasteiger partial charge in [-0.2, -0.15) is 0 Å². The van der Waals surface area contributed by atoms with Crippen molar-refractivity contribution in [2.45, 2.75) is 6.42 Å². The van der Waals surface area contributed by atoms with Gasteiger partial charge in [0.1, 0.15) is 0 Å². The van der Waals surface area contributed by atoms with Crippen LogP contribution in [0, 0.1) is 0 Å². The molecule has 50 valence electrons.